The van der Waals surface area contributed by atoms with Gasteiger partial charge in [0.05, 0.1) is 24.9 Å². The molecule has 1 fully saturated rings. The van der Waals surface area contributed by atoms with Gasteiger partial charge in [-0.3, -0.25) is 9.78 Å². The van der Waals surface area contributed by atoms with Gasteiger partial charge < -0.3 is 15.0 Å². The standard InChI is InChI=1S/C20H25N3O2/c1-25-19-10-3-2-9-18(19)20(24)23(15-16-7-4-5-13-22-16)17-8-6-12-21-14-11-17/h2-5,7,9-10,13,17,21H,6,8,11-12,14-15H2,1H3/t17-/m1/s1. The van der Waals surface area contributed by atoms with Crippen molar-refractivity contribution in [2.75, 3.05) is 20.2 Å². The van der Waals surface area contributed by atoms with E-state index in [1.807, 2.05) is 47.4 Å². The Balaban J connectivity index is 1.90. The van der Waals surface area contributed by atoms with E-state index < -0.39 is 0 Å². The Labute approximate surface area is 149 Å². The molecule has 5 nitrogen and oxygen atoms in total. The van der Waals surface area contributed by atoms with Gasteiger partial charge in [-0.2, -0.15) is 0 Å². The Morgan fingerprint density at radius 2 is 2.04 bits per heavy atom. The summed E-state index contributed by atoms with van der Waals surface area (Å²) in [5.41, 5.74) is 1.51. The smallest absolute Gasteiger partial charge is 0.258 e. The molecule has 1 amide bonds. The Morgan fingerprint density at radius 1 is 1.20 bits per heavy atom. The number of para-hydroxylation sites is 1. The summed E-state index contributed by atoms with van der Waals surface area (Å²) >= 11 is 0. The molecule has 0 aliphatic carbocycles. The van der Waals surface area contributed by atoms with Gasteiger partial charge in [-0.05, 0) is 56.6 Å². The molecule has 3 rings (SSSR count). The number of ether oxygens (including phenoxy) is 1. The molecular weight excluding hydrogens is 314 g/mol. The summed E-state index contributed by atoms with van der Waals surface area (Å²) in [6.07, 6.45) is 4.80. The molecule has 1 aromatic carbocycles. The third-order valence-electron chi connectivity index (χ3n) is 4.64. The number of hydrogen-bond donors (Lipinski definition) is 1. The molecule has 0 unspecified atom stereocenters. The van der Waals surface area contributed by atoms with Crippen molar-refractivity contribution >= 4 is 5.91 Å². The highest BCUT2D eigenvalue weighted by Crippen LogP contribution is 2.24. The molecule has 1 N–H and O–H groups in total. The van der Waals surface area contributed by atoms with Gasteiger partial charge in [0.25, 0.3) is 5.91 Å². The monoisotopic (exact) mass is 339 g/mol. The average molecular weight is 339 g/mol. The molecule has 1 aliphatic rings. The first-order valence-electron chi connectivity index (χ1n) is 8.84. The number of carbonyl (C=O) groups excluding carboxylic acids is 1. The van der Waals surface area contributed by atoms with Crippen LogP contribution in [0.3, 0.4) is 0 Å². The molecule has 0 saturated carbocycles. The van der Waals surface area contributed by atoms with Crippen LogP contribution >= 0.6 is 0 Å². The van der Waals surface area contributed by atoms with E-state index >= 15 is 0 Å². The van der Waals surface area contributed by atoms with Crippen LogP contribution in [0.1, 0.15) is 35.3 Å². The minimum Gasteiger partial charge on any atom is -0.496 e. The zero-order valence-electron chi connectivity index (χ0n) is 14.6. The van der Waals surface area contributed by atoms with Crippen LogP contribution in [0.2, 0.25) is 0 Å². The van der Waals surface area contributed by atoms with Crippen LogP contribution in [0.5, 0.6) is 5.75 Å². The van der Waals surface area contributed by atoms with Crippen LogP contribution in [-0.4, -0.2) is 42.0 Å². The van der Waals surface area contributed by atoms with Crippen molar-refractivity contribution in [3.05, 3.63) is 59.9 Å². The van der Waals surface area contributed by atoms with Gasteiger partial charge in [0.1, 0.15) is 5.75 Å². The number of nitrogens with one attached hydrogen (secondary N) is 1. The summed E-state index contributed by atoms with van der Waals surface area (Å²) < 4.78 is 5.40. The second-order valence-corrected chi connectivity index (χ2v) is 6.29. The molecule has 132 valence electrons. The third-order valence-corrected chi connectivity index (χ3v) is 4.64. The number of rotatable bonds is 5. The van der Waals surface area contributed by atoms with Crippen LogP contribution in [0.25, 0.3) is 0 Å². The fourth-order valence-electron chi connectivity index (χ4n) is 3.32. The van der Waals surface area contributed by atoms with Crippen molar-refractivity contribution < 1.29 is 9.53 Å². The summed E-state index contributed by atoms with van der Waals surface area (Å²) in [6.45, 7) is 2.46. The molecule has 1 saturated heterocycles. The zero-order valence-corrected chi connectivity index (χ0v) is 14.6. The van der Waals surface area contributed by atoms with E-state index in [-0.39, 0.29) is 11.9 Å². The molecule has 0 radical (unpaired) electrons. The van der Waals surface area contributed by atoms with Crippen molar-refractivity contribution in [1.82, 2.24) is 15.2 Å². The lowest BCUT2D eigenvalue weighted by molar-refractivity contribution is 0.0639. The fourth-order valence-corrected chi connectivity index (χ4v) is 3.32. The summed E-state index contributed by atoms with van der Waals surface area (Å²) in [5, 5.41) is 3.42. The second-order valence-electron chi connectivity index (χ2n) is 6.29. The first-order chi connectivity index (χ1) is 12.3. The number of methoxy groups -OCH3 is 1. The van der Waals surface area contributed by atoms with E-state index in [2.05, 4.69) is 10.3 Å². The number of aromatic nitrogens is 1. The summed E-state index contributed by atoms with van der Waals surface area (Å²) in [7, 11) is 1.60. The lowest BCUT2D eigenvalue weighted by atomic mass is 10.0. The maximum Gasteiger partial charge on any atom is 0.258 e. The zero-order chi connectivity index (χ0) is 17.5. The van der Waals surface area contributed by atoms with E-state index in [1.165, 1.54) is 0 Å². The Hall–Kier alpha value is -2.40. The molecule has 1 aliphatic heterocycles. The molecule has 0 spiro atoms. The summed E-state index contributed by atoms with van der Waals surface area (Å²) in [4.78, 5) is 19.7. The van der Waals surface area contributed by atoms with Crippen molar-refractivity contribution in [2.45, 2.75) is 31.8 Å². The van der Waals surface area contributed by atoms with Crippen LogP contribution < -0.4 is 10.1 Å². The summed E-state index contributed by atoms with van der Waals surface area (Å²) in [6, 6.07) is 13.5. The van der Waals surface area contributed by atoms with Crippen molar-refractivity contribution in [3.8, 4) is 5.75 Å². The minimum absolute atomic E-state index is 0.00926. The Kier molecular flexibility index (Phi) is 6.01. The van der Waals surface area contributed by atoms with Crippen LogP contribution in [0.15, 0.2) is 48.7 Å². The molecule has 1 atom stereocenters. The Morgan fingerprint density at radius 3 is 2.84 bits per heavy atom. The van der Waals surface area contributed by atoms with Gasteiger partial charge in [-0.25, -0.2) is 0 Å². The van der Waals surface area contributed by atoms with Crippen molar-refractivity contribution in [1.29, 1.82) is 0 Å². The first kappa shape index (κ1) is 17.4. The predicted molar refractivity (Wildman–Crippen MR) is 97.6 cm³/mol. The Bertz CT molecular complexity index is 682. The number of amides is 1. The highest BCUT2D eigenvalue weighted by molar-refractivity contribution is 5.97. The molecule has 2 aromatic rings. The lowest BCUT2D eigenvalue weighted by Crippen LogP contribution is -2.40. The maximum atomic E-state index is 13.3. The number of benzene rings is 1. The van der Waals surface area contributed by atoms with Crippen LogP contribution in [0, 0.1) is 0 Å². The molecule has 5 heteroatoms. The normalized spacial score (nSPS) is 17.6. The van der Waals surface area contributed by atoms with E-state index in [0.29, 0.717) is 17.9 Å². The van der Waals surface area contributed by atoms with Crippen molar-refractivity contribution in [2.24, 2.45) is 0 Å². The number of nitrogens with zero attached hydrogens (tertiary/aromatic N) is 2. The van der Waals surface area contributed by atoms with Gasteiger partial charge in [-0.15, -0.1) is 0 Å². The highest BCUT2D eigenvalue weighted by atomic mass is 16.5. The van der Waals surface area contributed by atoms with E-state index in [1.54, 1.807) is 13.3 Å². The quantitative estimate of drug-likeness (QED) is 0.910. The van der Waals surface area contributed by atoms with E-state index in [0.717, 1.165) is 38.0 Å². The molecule has 0 bridgehead atoms. The fraction of sp³-hybridized carbons (Fsp3) is 0.400. The molecular formula is C20H25N3O2. The van der Waals surface area contributed by atoms with Crippen molar-refractivity contribution in [3.63, 3.8) is 0 Å². The maximum absolute atomic E-state index is 13.3. The number of carbonyl (C=O) groups is 1. The van der Waals surface area contributed by atoms with E-state index in [9.17, 15) is 4.79 Å². The lowest BCUT2D eigenvalue weighted by Gasteiger charge is -2.31. The highest BCUT2D eigenvalue weighted by Gasteiger charge is 2.27. The summed E-state index contributed by atoms with van der Waals surface area (Å²) in [5.74, 6) is 0.625. The van der Waals surface area contributed by atoms with Crippen LogP contribution in [-0.2, 0) is 6.54 Å². The van der Waals surface area contributed by atoms with Gasteiger partial charge in [0.2, 0.25) is 0 Å². The first-order valence-corrected chi connectivity index (χ1v) is 8.84. The SMILES string of the molecule is COc1ccccc1C(=O)N(Cc1ccccn1)[C@@H]1CCCNCC1. The van der Waals surface area contributed by atoms with Gasteiger partial charge in [0.15, 0.2) is 0 Å². The topological polar surface area (TPSA) is 54.5 Å². The molecule has 25 heavy (non-hydrogen) atoms. The third kappa shape index (κ3) is 4.37. The predicted octanol–water partition coefficient (Wildman–Crippen LogP) is 2.87. The van der Waals surface area contributed by atoms with Gasteiger partial charge >= 0.3 is 0 Å². The number of hydrogen-bond acceptors (Lipinski definition) is 4. The van der Waals surface area contributed by atoms with Crippen LogP contribution in [0.4, 0.5) is 0 Å². The second kappa shape index (κ2) is 8.62. The average Bonchev–Trinajstić information content (AvgIpc) is 2.95. The largest absolute Gasteiger partial charge is 0.496 e. The molecule has 1 aromatic heterocycles. The molecule has 2 heterocycles. The van der Waals surface area contributed by atoms with Gasteiger partial charge in [0, 0.05) is 12.2 Å². The van der Waals surface area contributed by atoms with E-state index in [4.69, 9.17) is 4.74 Å². The van der Waals surface area contributed by atoms with Gasteiger partial charge in [-0.1, -0.05) is 18.2 Å². The minimum atomic E-state index is 0.00926. The number of pyridine rings is 1.